The fourth-order valence-electron chi connectivity index (χ4n) is 4.29. The zero-order chi connectivity index (χ0) is 28.1. The Morgan fingerprint density at radius 3 is 2.35 bits per heavy atom. The summed E-state index contributed by atoms with van der Waals surface area (Å²) >= 11 is 0. The van der Waals surface area contributed by atoms with E-state index in [9.17, 15) is 9.90 Å². The van der Waals surface area contributed by atoms with Crippen LogP contribution in [0.1, 0.15) is 35.3 Å². The van der Waals surface area contributed by atoms with Gasteiger partial charge in [0.1, 0.15) is 0 Å². The Kier molecular flexibility index (Phi) is 7.86. The summed E-state index contributed by atoms with van der Waals surface area (Å²) in [5, 5.41) is 20.1. The molecule has 0 radical (unpaired) electrons. The minimum atomic E-state index is -0.384. The molecule has 5 rings (SSSR count). The van der Waals surface area contributed by atoms with E-state index in [0.717, 1.165) is 44.7 Å². The van der Waals surface area contributed by atoms with Crippen LogP contribution >= 0.6 is 0 Å². The van der Waals surface area contributed by atoms with Crippen LogP contribution in [0.5, 0.6) is 0 Å². The average molecular weight is 532 g/mol. The summed E-state index contributed by atoms with van der Waals surface area (Å²) in [6.45, 7) is 6.46. The number of aliphatic hydroxyl groups is 1. The largest absolute Gasteiger partial charge is 0.394 e. The molecule has 1 heterocycles. The van der Waals surface area contributed by atoms with Gasteiger partial charge in [0.05, 0.1) is 17.8 Å². The van der Waals surface area contributed by atoms with Crippen LogP contribution in [0, 0.1) is 6.92 Å². The van der Waals surface area contributed by atoms with Gasteiger partial charge < -0.3 is 21.1 Å². The molecule has 1 amide bonds. The van der Waals surface area contributed by atoms with E-state index in [1.165, 1.54) is 0 Å². The predicted molar refractivity (Wildman–Crippen MR) is 162 cm³/mol. The van der Waals surface area contributed by atoms with Gasteiger partial charge in [-0.25, -0.2) is 9.97 Å². The molecule has 5 aromatic rings. The summed E-state index contributed by atoms with van der Waals surface area (Å²) in [4.78, 5) is 22.6. The fraction of sp³-hybridized carbons (Fsp3) is 0.182. The van der Waals surface area contributed by atoms with Crippen molar-refractivity contribution in [1.82, 2.24) is 15.3 Å². The number of hydrogen-bond donors (Lipinski definition) is 4. The number of benzene rings is 4. The summed E-state index contributed by atoms with van der Waals surface area (Å²) < 4.78 is 0. The molecule has 202 valence electrons. The second-order valence-corrected chi connectivity index (χ2v) is 10.5. The molecule has 0 spiro atoms. The number of aromatic nitrogens is 2. The smallest absolute Gasteiger partial charge is 0.255 e. The van der Waals surface area contributed by atoms with Gasteiger partial charge in [-0.3, -0.25) is 4.79 Å². The topological polar surface area (TPSA) is 99.2 Å². The molecular weight excluding hydrogens is 498 g/mol. The number of fused-ring (bicyclic) bond motifs is 1. The fourth-order valence-corrected chi connectivity index (χ4v) is 4.29. The van der Waals surface area contributed by atoms with Gasteiger partial charge in [-0.1, -0.05) is 60.7 Å². The van der Waals surface area contributed by atoms with Crippen molar-refractivity contribution in [3.8, 4) is 11.3 Å². The van der Waals surface area contributed by atoms with Crippen molar-refractivity contribution in [3.63, 3.8) is 0 Å². The number of anilines is 3. The summed E-state index contributed by atoms with van der Waals surface area (Å²) in [5.74, 6) is 0.295. The van der Waals surface area contributed by atoms with Crippen LogP contribution in [0.15, 0.2) is 97.1 Å². The van der Waals surface area contributed by atoms with Gasteiger partial charge in [-0.2, -0.15) is 0 Å². The van der Waals surface area contributed by atoms with Crippen molar-refractivity contribution in [2.75, 3.05) is 17.2 Å². The lowest BCUT2D eigenvalue weighted by molar-refractivity contribution is 0.102. The van der Waals surface area contributed by atoms with E-state index >= 15 is 0 Å². The van der Waals surface area contributed by atoms with Crippen LogP contribution in [0.3, 0.4) is 0 Å². The normalized spacial score (nSPS) is 11.4. The van der Waals surface area contributed by atoms with Crippen molar-refractivity contribution in [2.24, 2.45) is 0 Å². The van der Waals surface area contributed by atoms with Crippen LogP contribution in [-0.4, -0.2) is 33.1 Å². The molecule has 40 heavy (non-hydrogen) atoms. The van der Waals surface area contributed by atoms with Crippen LogP contribution in [0.2, 0.25) is 0 Å². The van der Waals surface area contributed by atoms with E-state index in [0.29, 0.717) is 18.1 Å². The van der Waals surface area contributed by atoms with Crippen molar-refractivity contribution < 1.29 is 9.90 Å². The van der Waals surface area contributed by atoms with E-state index in [2.05, 4.69) is 16.0 Å². The second kappa shape index (κ2) is 11.7. The quantitative estimate of drug-likeness (QED) is 0.174. The first-order valence-electron chi connectivity index (χ1n) is 13.3. The monoisotopic (exact) mass is 531 g/mol. The molecule has 0 aliphatic heterocycles. The van der Waals surface area contributed by atoms with Crippen molar-refractivity contribution in [3.05, 3.63) is 114 Å². The van der Waals surface area contributed by atoms with E-state index in [1.54, 1.807) is 12.1 Å². The van der Waals surface area contributed by atoms with E-state index in [1.807, 2.05) is 106 Å². The Morgan fingerprint density at radius 2 is 1.60 bits per heavy atom. The number of nitrogens with one attached hydrogen (secondary N) is 3. The molecule has 0 bridgehead atoms. The lowest BCUT2D eigenvalue weighted by Gasteiger charge is -2.23. The Hall–Kier alpha value is -4.59. The van der Waals surface area contributed by atoms with Crippen molar-refractivity contribution in [1.29, 1.82) is 0 Å². The molecule has 0 aliphatic rings. The lowest BCUT2D eigenvalue weighted by atomic mass is 10.1. The maximum Gasteiger partial charge on any atom is 0.255 e. The number of carbonyl (C=O) groups is 1. The SMILES string of the molecule is Cc1ccc(CNC(C)(C)CO)cc1NC(=O)c1ccc(Nc2nc(-c3ccccc3)c3ccccc3n2)cc1. The average Bonchev–Trinajstić information content (AvgIpc) is 2.98. The van der Waals surface area contributed by atoms with Gasteiger partial charge in [-0.05, 0) is 68.3 Å². The van der Waals surface area contributed by atoms with E-state index in [4.69, 9.17) is 9.97 Å². The molecule has 0 atom stereocenters. The number of rotatable bonds is 9. The molecule has 4 N–H and O–H groups in total. The van der Waals surface area contributed by atoms with Gasteiger partial charge in [0.25, 0.3) is 5.91 Å². The maximum atomic E-state index is 13.1. The Labute approximate surface area is 234 Å². The van der Waals surface area contributed by atoms with Crippen molar-refractivity contribution in [2.45, 2.75) is 32.9 Å². The number of aliphatic hydroxyl groups excluding tert-OH is 1. The molecule has 4 aromatic carbocycles. The molecule has 7 heteroatoms. The zero-order valence-corrected chi connectivity index (χ0v) is 22.9. The minimum Gasteiger partial charge on any atom is -0.394 e. The van der Waals surface area contributed by atoms with Gasteiger partial charge >= 0.3 is 0 Å². The van der Waals surface area contributed by atoms with Crippen LogP contribution in [0.25, 0.3) is 22.2 Å². The Bertz CT molecular complexity index is 1630. The molecule has 0 aliphatic carbocycles. The van der Waals surface area contributed by atoms with E-state index < -0.39 is 0 Å². The summed E-state index contributed by atoms with van der Waals surface area (Å²) in [5.41, 5.74) is 6.41. The first-order valence-corrected chi connectivity index (χ1v) is 13.3. The molecular formula is C33H33N5O2. The minimum absolute atomic E-state index is 0.0362. The van der Waals surface area contributed by atoms with Crippen LogP contribution in [0.4, 0.5) is 17.3 Å². The highest BCUT2D eigenvalue weighted by atomic mass is 16.3. The van der Waals surface area contributed by atoms with Gasteiger partial charge in [-0.15, -0.1) is 0 Å². The molecule has 0 saturated heterocycles. The molecule has 0 saturated carbocycles. The molecule has 0 unspecified atom stereocenters. The number of hydrogen-bond acceptors (Lipinski definition) is 6. The third-order valence-corrected chi connectivity index (χ3v) is 6.77. The molecule has 7 nitrogen and oxygen atoms in total. The third-order valence-electron chi connectivity index (χ3n) is 6.77. The van der Waals surface area contributed by atoms with Gasteiger partial charge in [0.15, 0.2) is 0 Å². The number of amides is 1. The van der Waals surface area contributed by atoms with Crippen LogP contribution < -0.4 is 16.0 Å². The Morgan fingerprint density at radius 1 is 0.875 bits per heavy atom. The molecule has 1 aromatic heterocycles. The van der Waals surface area contributed by atoms with E-state index in [-0.39, 0.29) is 18.1 Å². The number of carbonyl (C=O) groups excluding carboxylic acids is 1. The number of para-hydroxylation sites is 1. The zero-order valence-electron chi connectivity index (χ0n) is 22.9. The highest BCUT2D eigenvalue weighted by molar-refractivity contribution is 6.05. The van der Waals surface area contributed by atoms with Crippen LogP contribution in [-0.2, 0) is 6.54 Å². The maximum absolute atomic E-state index is 13.1. The van der Waals surface area contributed by atoms with Gasteiger partial charge in [0, 0.05) is 40.0 Å². The van der Waals surface area contributed by atoms with Gasteiger partial charge in [0.2, 0.25) is 5.95 Å². The number of nitrogens with zero attached hydrogens (tertiary/aromatic N) is 2. The predicted octanol–water partition coefficient (Wildman–Crippen LogP) is 6.46. The number of aryl methyl sites for hydroxylation is 1. The third kappa shape index (κ3) is 6.34. The first-order chi connectivity index (χ1) is 19.3. The molecule has 0 fully saturated rings. The summed E-state index contributed by atoms with van der Waals surface area (Å²) in [6, 6.07) is 31.2. The summed E-state index contributed by atoms with van der Waals surface area (Å²) in [6.07, 6.45) is 0. The highest BCUT2D eigenvalue weighted by Gasteiger charge is 2.16. The summed E-state index contributed by atoms with van der Waals surface area (Å²) in [7, 11) is 0. The standard InChI is InChI=1S/C33H33N5O2/c1-22-13-14-23(20-34-33(2,3)21-39)19-29(22)36-31(40)25-15-17-26(18-16-25)35-32-37-28-12-8-7-11-27(28)30(38-32)24-9-5-4-6-10-24/h4-19,34,39H,20-21H2,1-3H3,(H,36,40)(H,35,37,38). The van der Waals surface area contributed by atoms with Crippen molar-refractivity contribution >= 4 is 34.1 Å². The lowest BCUT2D eigenvalue weighted by Crippen LogP contribution is -2.42. The highest BCUT2D eigenvalue weighted by Crippen LogP contribution is 2.28. The first kappa shape index (κ1) is 27.0. The second-order valence-electron chi connectivity index (χ2n) is 10.5. The Balaban J connectivity index is 1.31.